The van der Waals surface area contributed by atoms with Crippen LogP contribution >= 0.6 is 35.0 Å². The van der Waals surface area contributed by atoms with Gasteiger partial charge in [0.25, 0.3) is 0 Å². The van der Waals surface area contributed by atoms with Gasteiger partial charge in [0.2, 0.25) is 5.16 Å². The number of aromatic nitrogens is 3. The van der Waals surface area contributed by atoms with Crippen LogP contribution in [0.15, 0.2) is 47.6 Å². The fraction of sp³-hybridized carbons (Fsp3) is 0.176. The highest BCUT2D eigenvalue weighted by molar-refractivity contribution is 7.99. The molecule has 1 aromatic heterocycles. The summed E-state index contributed by atoms with van der Waals surface area (Å²) in [6, 6.07) is 13.1. The topological polar surface area (TPSA) is 66.0 Å². The summed E-state index contributed by atoms with van der Waals surface area (Å²) in [5.74, 6) is 8.09. The monoisotopic (exact) mass is 394 g/mol. The zero-order valence-corrected chi connectivity index (χ0v) is 15.8. The standard InChI is InChI=1S/C17H16Cl2N4OS/c1-11-2-5-13(6-3-11)24-8-9-25-17-22-21-16(23(17)20)14-10-12(18)4-7-15(14)19/h2-7,10H,8-9,20H2,1H3. The number of nitrogens with two attached hydrogens (primary N) is 1. The normalized spacial score (nSPS) is 10.8. The Morgan fingerprint density at radius 2 is 1.88 bits per heavy atom. The Labute approximate surface area is 160 Å². The Bertz CT molecular complexity index is 868. The molecule has 0 fully saturated rings. The highest BCUT2D eigenvalue weighted by atomic mass is 35.5. The van der Waals surface area contributed by atoms with E-state index in [1.807, 2.05) is 31.2 Å². The van der Waals surface area contributed by atoms with E-state index in [9.17, 15) is 0 Å². The summed E-state index contributed by atoms with van der Waals surface area (Å²) in [6.07, 6.45) is 0. The zero-order valence-electron chi connectivity index (χ0n) is 13.4. The summed E-state index contributed by atoms with van der Waals surface area (Å²) in [4.78, 5) is 0. The number of nitrogen functional groups attached to an aromatic ring is 1. The van der Waals surface area contributed by atoms with E-state index in [1.165, 1.54) is 22.0 Å². The molecule has 3 rings (SSSR count). The van der Waals surface area contributed by atoms with Gasteiger partial charge in [-0.15, -0.1) is 10.2 Å². The third kappa shape index (κ3) is 4.39. The first-order chi connectivity index (χ1) is 12.0. The van der Waals surface area contributed by atoms with Gasteiger partial charge in [0, 0.05) is 16.3 Å². The van der Waals surface area contributed by atoms with Gasteiger partial charge in [-0.3, -0.25) is 0 Å². The number of rotatable bonds is 6. The first-order valence-corrected chi connectivity index (χ1v) is 9.27. The molecule has 0 bridgehead atoms. The number of hydrogen-bond donors (Lipinski definition) is 1. The average molecular weight is 395 g/mol. The molecule has 5 nitrogen and oxygen atoms in total. The second-order valence-electron chi connectivity index (χ2n) is 5.31. The quantitative estimate of drug-likeness (QED) is 0.380. The van der Waals surface area contributed by atoms with Gasteiger partial charge in [-0.2, -0.15) is 0 Å². The predicted molar refractivity (Wildman–Crippen MR) is 103 cm³/mol. The van der Waals surface area contributed by atoms with Crippen molar-refractivity contribution in [2.45, 2.75) is 12.1 Å². The summed E-state index contributed by atoms with van der Waals surface area (Å²) in [5, 5.41) is 9.89. The van der Waals surface area contributed by atoms with Crippen molar-refractivity contribution in [3.8, 4) is 17.1 Å². The Balaban J connectivity index is 1.61. The number of benzene rings is 2. The van der Waals surface area contributed by atoms with E-state index in [2.05, 4.69) is 10.2 Å². The lowest BCUT2D eigenvalue weighted by Gasteiger charge is -2.07. The predicted octanol–water partition coefficient (Wildman–Crippen LogP) is 4.45. The van der Waals surface area contributed by atoms with E-state index in [-0.39, 0.29) is 0 Å². The summed E-state index contributed by atoms with van der Waals surface area (Å²) in [6.45, 7) is 2.57. The highest BCUT2D eigenvalue weighted by Gasteiger charge is 2.15. The molecule has 8 heteroatoms. The smallest absolute Gasteiger partial charge is 0.210 e. The Morgan fingerprint density at radius 1 is 1.12 bits per heavy atom. The molecule has 0 amide bonds. The maximum Gasteiger partial charge on any atom is 0.210 e. The lowest BCUT2D eigenvalue weighted by atomic mass is 10.2. The van der Waals surface area contributed by atoms with Crippen LogP contribution in [0.1, 0.15) is 5.56 Å². The number of aryl methyl sites for hydroxylation is 1. The van der Waals surface area contributed by atoms with Crippen LogP contribution in [0.25, 0.3) is 11.4 Å². The summed E-state index contributed by atoms with van der Waals surface area (Å²) < 4.78 is 7.10. The number of thioether (sulfide) groups is 1. The molecule has 0 radical (unpaired) electrons. The van der Waals surface area contributed by atoms with Crippen molar-refractivity contribution in [1.82, 2.24) is 14.9 Å². The lowest BCUT2D eigenvalue weighted by Crippen LogP contribution is -2.12. The molecular weight excluding hydrogens is 379 g/mol. The van der Waals surface area contributed by atoms with Crippen LogP contribution < -0.4 is 10.6 Å². The van der Waals surface area contributed by atoms with Gasteiger partial charge in [-0.25, -0.2) is 4.68 Å². The Kier molecular flexibility index (Phi) is 5.73. The highest BCUT2D eigenvalue weighted by Crippen LogP contribution is 2.30. The van der Waals surface area contributed by atoms with Crippen LogP contribution in [0.2, 0.25) is 10.0 Å². The molecule has 0 saturated heterocycles. The number of halogens is 2. The molecule has 3 aromatic rings. The van der Waals surface area contributed by atoms with Crippen molar-refractivity contribution in [3.05, 3.63) is 58.1 Å². The van der Waals surface area contributed by atoms with Crippen molar-refractivity contribution in [1.29, 1.82) is 0 Å². The molecule has 0 spiro atoms. The molecule has 2 N–H and O–H groups in total. The third-order valence-corrected chi connectivity index (χ3v) is 4.91. The summed E-state index contributed by atoms with van der Waals surface area (Å²) in [7, 11) is 0. The first-order valence-electron chi connectivity index (χ1n) is 7.53. The van der Waals surface area contributed by atoms with Crippen LogP contribution in [0.3, 0.4) is 0 Å². The van der Waals surface area contributed by atoms with Gasteiger partial charge in [0.05, 0.1) is 11.6 Å². The van der Waals surface area contributed by atoms with Gasteiger partial charge >= 0.3 is 0 Å². The number of nitrogens with zero attached hydrogens (tertiary/aromatic N) is 3. The van der Waals surface area contributed by atoms with Crippen molar-refractivity contribution >= 4 is 35.0 Å². The number of hydrogen-bond acceptors (Lipinski definition) is 5. The average Bonchev–Trinajstić information content (AvgIpc) is 2.96. The molecule has 0 unspecified atom stereocenters. The van der Waals surface area contributed by atoms with Crippen LogP contribution in [0.5, 0.6) is 5.75 Å². The zero-order chi connectivity index (χ0) is 17.8. The second-order valence-corrected chi connectivity index (χ2v) is 7.22. The van der Waals surface area contributed by atoms with E-state index < -0.39 is 0 Å². The minimum absolute atomic E-state index is 0.467. The molecule has 0 atom stereocenters. The largest absolute Gasteiger partial charge is 0.493 e. The van der Waals surface area contributed by atoms with Crippen LogP contribution in [0, 0.1) is 6.92 Å². The lowest BCUT2D eigenvalue weighted by molar-refractivity contribution is 0.344. The minimum Gasteiger partial charge on any atom is -0.493 e. The molecule has 25 heavy (non-hydrogen) atoms. The minimum atomic E-state index is 0.467. The van der Waals surface area contributed by atoms with Crippen LogP contribution in [0.4, 0.5) is 0 Å². The number of ether oxygens (including phenoxy) is 1. The van der Waals surface area contributed by atoms with E-state index in [1.54, 1.807) is 18.2 Å². The van der Waals surface area contributed by atoms with Gasteiger partial charge in [-0.1, -0.05) is 52.7 Å². The van der Waals surface area contributed by atoms with Gasteiger partial charge in [0.15, 0.2) is 5.82 Å². The van der Waals surface area contributed by atoms with E-state index in [4.69, 9.17) is 33.8 Å². The molecule has 130 valence electrons. The maximum absolute atomic E-state index is 6.20. The Hall–Kier alpha value is -1.89. The van der Waals surface area contributed by atoms with E-state index in [0.717, 1.165) is 5.75 Å². The van der Waals surface area contributed by atoms with E-state index >= 15 is 0 Å². The van der Waals surface area contributed by atoms with Crippen molar-refractivity contribution in [2.24, 2.45) is 0 Å². The first kappa shape index (κ1) is 17.9. The third-order valence-electron chi connectivity index (χ3n) is 3.44. The molecule has 0 aliphatic rings. The Morgan fingerprint density at radius 3 is 2.64 bits per heavy atom. The fourth-order valence-corrected chi connectivity index (χ4v) is 3.20. The molecule has 0 aliphatic heterocycles. The molecule has 0 aliphatic carbocycles. The van der Waals surface area contributed by atoms with Gasteiger partial charge in [0.1, 0.15) is 5.75 Å². The second kappa shape index (κ2) is 7.99. The SMILES string of the molecule is Cc1ccc(OCCSc2nnc(-c3cc(Cl)ccc3Cl)n2N)cc1. The molecule has 2 aromatic carbocycles. The van der Waals surface area contributed by atoms with Crippen LogP contribution in [-0.4, -0.2) is 27.2 Å². The summed E-state index contributed by atoms with van der Waals surface area (Å²) in [5.41, 5.74) is 1.84. The van der Waals surface area contributed by atoms with E-state index in [0.29, 0.717) is 38.9 Å². The van der Waals surface area contributed by atoms with Gasteiger partial charge < -0.3 is 10.6 Å². The van der Waals surface area contributed by atoms with Crippen molar-refractivity contribution in [2.75, 3.05) is 18.2 Å². The van der Waals surface area contributed by atoms with Gasteiger partial charge in [-0.05, 0) is 37.3 Å². The molecule has 0 saturated carbocycles. The molecular formula is C17H16Cl2N4OS. The molecule has 1 heterocycles. The fourth-order valence-electron chi connectivity index (χ4n) is 2.15. The van der Waals surface area contributed by atoms with Crippen molar-refractivity contribution in [3.63, 3.8) is 0 Å². The van der Waals surface area contributed by atoms with Crippen molar-refractivity contribution < 1.29 is 4.74 Å². The maximum atomic E-state index is 6.20. The van der Waals surface area contributed by atoms with Crippen LogP contribution in [-0.2, 0) is 0 Å². The summed E-state index contributed by atoms with van der Waals surface area (Å²) >= 11 is 13.7.